The van der Waals surface area contributed by atoms with E-state index in [9.17, 15) is 9.18 Å². The van der Waals surface area contributed by atoms with Crippen LogP contribution in [0.5, 0.6) is 11.5 Å². The van der Waals surface area contributed by atoms with E-state index < -0.39 is 5.82 Å². The number of anilines is 2. The van der Waals surface area contributed by atoms with Gasteiger partial charge < -0.3 is 20.1 Å². The molecule has 1 amide bonds. The van der Waals surface area contributed by atoms with Crippen LogP contribution in [-0.2, 0) is 4.79 Å². The van der Waals surface area contributed by atoms with Crippen LogP contribution < -0.4 is 20.1 Å². The van der Waals surface area contributed by atoms with E-state index in [4.69, 9.17) is 9.47 Å². The number of carbonyl (C=O) groups excluding carboxylic acids is 1. The van der Waals surface area contributed by atoms with Gasteiger partial charge in [-0.15, -0.1) is 0 Å². The lowest BCUT2D eigenvalue weighted by atomic mass is 10.2. The van der Waals surface area contributed by atoms with Crippen LogP contribution in [0.15, 0.2) is 42.5 Å². The second-order valence-corrected chi connectivity index (χ2v) is 4.77. The lowest BCUT2D eigenvalue weighted by Gasteiger charge is -2.12. The molecule has 0 heterocycles. The summed E-state index contributed by atoms with van der Waals surface area (Å²) in [6, 6.07) is 11.4. The number of hydrogen-bond acceptors (Lipinski definition) is 4. The SMILES string of the molecule is COc1ccc(NCCC(=O)Nc2ccccc2F)c(OC)c1. The number of hydrogen-bond donors (Lipinski definition) is 2. The van der Waals surface area contributed by atoms with E-state index in [0.29, 0.717) is 18.0 Å². The molecule has 2 aromatic carbocycles. The zero-order valence-corrected chi connectivity index (χ0v) is 13.1. The Bertz CT molecular complexity index is 677. The summed E-state index contributed by atoms with van der Waals surface area (Å²) in [7, 11) is 3.14. The summed E-state index contributed by atoms with van der Waals surface area (Å²) < 4.78 is 23.8. The molecule has 0 atom stereocenters. The molecule has 2 rings (SSSR count). The van der Waals surface area contributed by atoms with E-state index in [1.807, 2.05) is 6.07 Å². The van der Waals surface area contributed by atoms with Crippen molar-refractivity contribution in [2.75, 3.05) is 31.4 Å². The summed E-state index contributed by atoms with van der Waals surface area (Å²) in [5.41, 5.74) is 0.937. The second kappa shape index (κ2) is 8.03. The number of para-hydroxylation sites is 1. The highest BCUT2D eigenvalue weighted by atomic mass is 19.1. The van der Waals surface area contributed by atoms with Gasteiger partial charge in [0, 0.05) is 19.0 Å². The number of amides is 1. The minimum atomic E-state index is -0.453. The number of rotatable bonds is 7. The Morgan fingerprint density at radius 1 is 1.09 bits per heavy atom. The molecule has 0 bridgehead atoms. The van der Waals surface area contributed by atoms with Gasteiger partial charge in [0.15, 0.2) is 0 Å². The monoisotopic (exact) mass is 318 g/mol. The van der Waals surface area contributed by atoms with Crippen molar-refractivity contribution in [2.45, 2.75) is 6.42 Å². The summed E-state index contributed by atoms with van der Waals surface area (Å²) in [5.74, 6) is 0.587. The lowest BCUT2D eigenvalue weighted by Crippen LogP contribution is -2.17. The Hall–Kier alpha value is -2.76. The zero-order valence-electron chi connectivity index (χ0n) is 13.1. The fraction of sp³-hybridized carbons (Fsp3) is 0.235. The summed E-state index contributed by atoms with van der Waals surface area (Å²) in [6.07, 6.45) is 0.198. The largest absolute Gasteiger partial charge is 0.497 e. The topological polar surface area (TPSA) is 59.6 Å². The molecular weight excluding hydrogens is 299 g/mol. The standard InChI is InChI=1S/C17H19FN2O3/c1-22-12-7-8-15(16(11-12)23-2)19-10-9-17(21)20-14-6-4-3-5-13(14)18/h3-8,11,19H,9-10H2,1-2H3,(H,20,21). The van der Waals surface area contributed by atoms with Gasteiger partial charge in [-0.05, 0) is 24.3 Å². The van der Waals surface area contributed by atoms with E-state index in [2.05, 4.69) is 10.6 Å². The van der Waals surface area contributed by atoms with Gasteiger partial charge in [-0.1, -0.05) is 12.1 Å². The Morgan fingerprint density at radius 2 is 1.87 bits per heavy atom. The van der Waals surface area contributed by atoms with E-state index in [-0.39, 0.29) is 18.0 Å². The van der Waals surface area contributed by atoms with Crippen molar-refractivity contribution in [2.24, 2.45) is 0 Å². The molecule has 0 aliphatic carbocycles. The molecule has 0 aliphatic rings. The Kier molecular flexibility index (Phi) is 5.80. The highest BCUT2D eigenvalue weighted by Gasteiger charge is 2.08. The summed E-state index contributed by atoms with van der Waals surface area (Å²) >= 11 is 0. The maximum absolute atomic E-state index is 13.4. The molecule has 122 valence electrons. The molecule has 0 saturated carbocycles. The zero-order chi connectivity index (χ0) is 16.7. The smallest absolute Gasteiger partial charge is 0.226 e. The summed E-state index contributed by atoms with van der Waals surface area (Å²) in [5, 5.41) is 5.65. The molecule has 23 heavy (non-hydrogen) atoms. The van der Waals surface area contributed by atoms with Gasteiger partial charge in [-0.2, -0.15) is 0 Å². The normalized spacial score (nSPS) is 10.0. The third-order valence-corrected chi connectivity index (χ3v) is 3.22. The first-order chi connectivity index (χ1) is 11.1. The molecule has 0 aliphatic heterocycles. The first-order valence-corrected chi connectivity index (χ1v) is 7.14. The van der Waals surface area contributed by atoms with Crippen molar-refractivity contribution in [3.63, 3.8) is 0 Å². The van der Waals surface area contributed by atoms with Gasteiger partial charge in [-0.25, -0.2) is 4.39 Å². The molecule has 2 aromatic rings. The highest BCUT2D eigenvalue weighted by Crippen LogP contribution is 2.28. The third-order valence-electron chi connectivity index (χ3n) is 3.22. The van der Waals surface area contributed by atoms with Crippen molar-refractivity contribution < 1.29 is 18.7 Å². The molecular formula is C17H19FN2O3. The van der Waals surface area contributed by atoms with Gasteiger partial charge in [0.1, 0.15) is 17.3 Å². The molecule has 0 spiro atoms. The first-order valence-electron chi connectivity index (χ1n) is 7.14. The van der Waals surface area contributed by atoms with E-state index in [1.165, 1.54) is 12.1 Å². The summed E-state index contributed by atoms with van der Waals surface area (Å²) in [6.45, 7) is 0.392. The average molecular weight is 318 g/mol. The quantitative estimate of drug-likeness (QED) is 0.822. The molecule has 0 radical (unpaired) electrons. The second-order valence-electron chi connectivity index (χ2n) is 4.77. The van der Waals surface area contributed by atoms with Gasteiger partial charge in [0.05, 0.1) is 25.6 Å². The average Bonchev–Trinajstić information content (AvgIpc) is 2.57. The molecule has 0 saturated heterocycles. The Labute approximate surface area is 134 Å². The fourth-order valence-corrected chi connectivity index (χ4v) is 2.03. The molecule has 0 unspecified atom stereocenters. The van der Waals surface area contributed by atoms with Crippen LogP contribution in [0.2, 0.25) is 0 Å². The van der Waals surface area contributed by atoms with Crippen molar-refractivity contribution in [1.29, 1.82) is 0 Å². The van der Waals surface area contributed by atoms with Crippen molar-refractivity contribution >= 4 is 17.3 Å². The van der Waals surface area contributed by atoms with Gasteiger partial charge in [0.2, 0.25) is 5.91 Å². The van der Waals surface area contributed by atoms with Gasteiger partial charge >= 0.3 is 0 Å². The molecule has 0 aromatic heterocycles. The maximum atomic E-state index is 13.4. The first kappa shape index (κ1) is 16.6. The van der Waals surface area contributed by atoms with E-state index >= 15 is 0 Å². The Morgan fingerprint density at radius 3 is 2.57 bits per heavy atom. The van der Waals surface area contributed by atoms with Crippen molar-refractivity contribution in [3.8, 4) is 11.5 Å². The van der Waals surface area contributed by atoms with Crippen LogP contribution in [0.25, 0.3) is 0 Å². The van der Waals surface area contributed by atoms with Crippen molar-refractivity contribution in [3.05, 3.63) is 48.3 Å². The van der Waals surface area contributed by atoms with Crippen LogP contribution >= 0.6 is 0 Å². The maximum Gasteiger partial charge on any atom is 0.226 e. The number of halogens is 1. The number of carbonyl (C=O) groups is 1. The number of ether oxygens (including phenoxy) is 2. The molecule has 0 fully saturated rings. The number of nitrogens with one attached hydrogen (secondary N) is 2. The summed E-state index contributed by atoms with van der Waals surface area (Å²) in [4.78, 5) is 11.8. The minimum Gasteiger partial charge on any atom is -0.497 e. The molecule has 2 N–H and O–H groups in total. The number of methoxy groups -OCH3 is 2. The predicted octanol–water partition coefficient (Wildman–Crippen LogP) is 3.28. The number of benzene rings is 2. The van der Waals surface area contributed by atoms with Crippen LogP contribution in [-0.4, -0.2) is 26.7 Å². The van der Waals surface area contributed by atoms with Crippen LogP contribution in [0.4, 0.5) is 15.8 Å². The highest BCUT2D eigenvalue weighted by molar-refractivity contribution is 5.91. The van der Waals surface area contributed by atoms with Crippen LogP contribution in [0.3, 0.4) is 0 Å². The molecule has 5 nitrogen and oxygen atoms in total. The van der Waals surface area contributed by atoms with Crippen LogP contribution in [0.1, 0.15) is 6.42 Å². The Balaban J connectivity index is 1.87. The van der Waals surface area contributed by atoms with Gasteiger partial charge in [0.25, 0.3) is 0 Å². The lowest BCUT2D eigenvalue weighted by molar-refractivity contribution is -0.116. The van der Waals surface area contributed by atoms with E-state index in [0.717, 1.165) is 5.69 Å². The van der Waals surface area contributed by atoms with Crippen molar-refractivity contribution in [1.82, 2.24) is 0 Å². The van der Waals surface area contributed by atoms with Gasteiger partial charge in [-0.3, -0.25) is 4.79 Å². The third kappa shape index (κ3) is 4.60. The van der Waals surface area contributed by atoms with Crippen LogP contribution in [0, 0.1) is 5.82 Å². The predicted molar refractivity (Wildman–Crippen MR) is 87.7 cm³/mol. The van der Waals surface area contributed by atoms with E-state index in [1.54, 1.807) is 38.5 Å². The minimum absolute atomic E-state index is 0.180. The fourth-order valence-electron chi connectivity index (χ4n) is 2.03. The molecule has 6 heteroatoms.